The van der Waals surface area contributed by atoms with Gasteiger partial charge in [-0.15, -0.1) is 0 Å². The van der Waals surface area contributed by atoms with Crippen molar-refractivity contribution in [2.45, 2.75) is 24.8 Å². The predicted octanol–water partition coefficient (Wildman–Crippen LogP) is 5.11. The fourth-order valence-electron chi connectivity index (χ4n) is 4.11. The lowest BCUT2D eigenvalue weighted by atomic mass is 9.78. The number of amides is 1. The van der Waals surface area contributed by atoms with Crippen molar-refractivity contribution < 1.29 is 28.7 Å². The van der Waals surface area contributed by atoms with Crippen LogP contribution in [-0.4, -0.2) is 34.6 Å². The van der Waals surface area contributed by atoms with Gasteiger partial charge in [0.2, 0.25) is 0 Å². The van der Waals surface area contributed by atoms with Crippen molar-refractivity contribution in [2.75, 3.05) is 0 Å². The van der Waals surface area contributed by atoms with Crippen molar-refractivity contribution in [3.63, 3.8) is 0 Å². The number of hydrogen-bond acceptors (Lipinski definition) is 4. The average Bonchev–Trinajstić information content (AvgIpc) is 2.81. The van der Waals surface area contributed by atoms with Gasteiger partial charge in [-0.3, -0.25) is 14.4 Å². The van der Waals surface area contributed by atoms with Gasteiger partial charge in [0.25, 0.3) is 5.91 Å². The Morgan fingerprint density at radius 1 is 1.00 bits per heavy atom. The standard InChI is InChI=1S/C26H18Cl2FNO5/c27-17-4-2-5-18(28)23(17)25(33)30-20(26(34)35)11-13-7-9-14(10-8-13)16-12-21(31)15-3-1-6-19(29)22(15)24(16)32/h1-10,16,20H,11-12H2,(H,30,33)(H,34,35)/t16-,20?/m0/s1. The van der Waals surface area contributed by atoms with Gasteiger partial charge in [0.15, 0.2) is 11.6 Å². The molecule has 2 atom stereocenters. The van der Waals surface area contributed by atoms with Gasteiger partial charge < -0.3 is 10.4 Å². The molecule has 0 spiro atoms. The zero-order chi connectivity index (χ0) is 25.3. The number of carboxylic acid groups (broad SMARTS) is 1. The van der Waals surface area contributed by atoms with Crippen LogP contribution in [0.15, 0.2) is 60.7 Å². The van der Waals surface area contributed by atoms with Crippen molar-refractivity contribution in [1.29, 1.82) is 0 Å². The van der Waals surface area contributed by atoms with E-state index >= 15 is 0 Å². The lowest BCUT2D eigenvalue weighted by Crippen LogP contribution is -2.42. The number of aliphatic carboxylic acids is 1. The Hall–Kier alpha value is -3.55. The molecular weight excluding hydrogens is 496 g/mol. The molecule has 0 fully saturated rings. The molecule has 0 heterocycles. The fraction of sp³-hybridized carbons (Fsp3) is 0.154. The third kappa shape index (κ3) is 4.97. The number of rotatable bonds is 6. The maximum atomic E-state index is 14.3. The molecule has 2 N–H and O–H groups in total. The monoisotopic (exact) mass is 513 g/mol. The Morgan fingerprint density at radius 3 is 2.26 bits per heavy atom. The summed E-state index contributed by atoms with van der Waals surface area (Å²) in [6.45, 7) is 0. The summed E-state index contributed by atoms with van der Waals surface area (Å²) >= 11 is 12.1. The molecule has 0 aromatic heterocycles. The van der Waals surface area contributed by atoms with Crippen molar-refractivity contribution in [3.8, 4) is 0 Å². The van der Waals surface area contributed by atoms with E-state index in [0.717, 1.165) is 6.07 Å². The maximum absolute atomic E-state index is 14.3. The van der Waals surface area contributed by atoms with Gasteiger partial charge in [-0.2, -0.15) is 0 Å². The van der Waals surface area contributed by atoms with Crippen LogP contribution >= 0.6 is 23.2 Å². The number of carbonyl (C=O) groups is 4. The Kier molecular flexibility index (Phi) is 7.00. The molecule has 0 bridgehead atoms. The molecule has 3 aromatic rings. The first-order valence-corrected chi connectivity index (χ1v) is 11.4. The first-order valence-electron chi connectivity index (χ1n) is 10.6. The van der Waals surface area contributed by atoms with Crippen LogP contribution in [0.4, 0.5) is 4.39 Å². The van der Waals surface area contributed by atoms with Crippen LogP contribution < -0.4 is 5.32 Å². The predicted molar refractivity (Wildman–Crippen MR) is 128 cm³/mol. The summed E-state index contributed by atoms with van der Waals surface area (Å²) in [5.41, 5.74) is 0.935. The number of fused-ring (bicyclic) bond motifs is 1. The van der Waals surface area contributed by atoms with E-state index < -0.39 is 35.4 Å². The van der Waals surface area contributed by atoms with Gasteiger partial charge in [-0.1, -0.05) is 65.7 Å². The minimum atomic E-state index is -1.28. The minimum Gasteiger partial charge on any atom is -0.480 e. The molecule has 1 aliphatic carbocycles. The quantitative estimate of drug-likeness (QED) is 0.476. The highest BCUT2D eigenvalue weighted by Crippen LogP contribution is 2.34. The largest absolute Gasteiger partial charge is 0.480 e. The van der Waals surface area contributed by atoms with Crippen LogP contribution in [0, 0.1) is 5.82 Å². The third-order valence-electron chi connectivity index (χ3n) is 5.88. The van der Waals surface area contributed by atoms with Crippen molar-refractivity contribution in [3.05, 3.63) is 104 Å². The van der Waals surface area contributed by atoms with E-state index in [1.165, 1.54) is 24.3 Å². The Balaban J connectivity index is 1.52. The molecule has 178 valence electrons. The first-order chi connectivity index (χ1) is 16.7. The van der Waals surface area contributed by atoms with Gasteiger partial charge in [0.1, 0.15) is 11.9 Å². The van der Waals surface area contributed by atoms with Crippen molar-refractivity contribution >= 4 is 46.6 Å². The second-order valence-corrected chi connectivity index (χ2v) is 8.93. The molecule has 1 amide bonds. The Labute approximate surface area is 209 Å². The number of hydrogen-bond donors (Lipinski definition) is 2. The van der Waals surface area contributed by atoms with Gasteiger partial charge >= 0.3 is 5.97 Å². The fourth-order valence-corrected chi connectivity index (χ4v) is 4.67. The summed E-state index contributed by atoms with van der Waals surface area (Å²) in [6, 6.07) is 13.6. The molecule has 1 aliphatic rings. The van der Waals surface area contributed by atoms with Crippen molar-refractivity contribution in [2.24, 2.45) is 0 Å². The lowest BCUT2D eigenvalue weighted by Gasteiger charge is -2.23. The minimum absolute atomic E-state index is 0.0228. The number of halogens is 3. The van der Waals surface area contributed by atoms with E-state index in [1.807, 2.05) is 0 Å². The molecule has 0 aliphatic heterocycles. The second-order valence-electron chi connectivity index (χ2n) is 8.11. The van der Waals surface area contributed by atoms with Gasteiger partial charge in [-0.25, -0.2) is 9.18 Å². The molecule has 9 heteroatoms. The highest BCUT2D eigenvalue weighted by atomic mass is 35.5. The molecule has 0 radical (unpaired) electrons. The van der Waals surface area contributed by atoms with Crippen LogP contribution in [-0.2, 0) is 11.2 Å². The van der Waals surface area contributed by atoms with Crippen LogP contribution in [0.5, 0.6) is 0 Å². The summed E-state index contributed by atoms with van der Waals surface area (Å²) in [5.74, 6) is -4.35. The van der Waals surface area contributed by atoms with Crippen LogP contribution in [0.2, 0.25) is 10.0 Å². The molecule has 4 rings (SSSR count). The third-order valence-corrected chi connectivity index (χ3v) is 6.51. The van der Waals surface area contributed by atoms with Crippen LogP contribution in [0.25, 0.3) is 0 Å². The number of carboxylic acids is 1. The molecule has 3 aromatic carbocycles. The maximum Gasteiger partial charge on any atom is 0.326 e. The molecule has 6 nitrogen and oxygen atoms in total. The Bertz CT molecular complexity index is 1340. The normalized spacial score (nSPS) is 15.9. The summed E-state index contributed by atoms with van der Waals surface area (Å²) in [5, 5.41) is 12.2. The second kappa shape index (κ2) is 9.98. The van der Waals surface area contributed by atoms with E-state index in [9.17, 15) is 28.7 Å². The SMILES string of the molecule is O=C1C[C@@H](c2ccc(CC(NC(=O)c3c(Cl)cccc3Cl)C(=O)O)cc2)C(=O)c2c(F)cccc21. The van der Waals surface area contributed by atoms with Gasteiger partial charge in [-0.05, 0) is 29.3 Å². The zero-order valence-corrected chi connectivity index (χ0v) is 19.6. The van der Waals surface area contributed by atoms with Crippen LogP contribution in [0.1, 0.15) is 54.5 Å². The van der Waals surface area contributed by atoms with Gasteiger partial charge in [0, 0.05) is 18.4 Å². The smallest absolute Gasteiger partial charge is 0.326 e. The number of ketones is 2. The first kappa shape index (κ1) is 24.6. The molecular formula is C26H18Cl2FNO5. The van der Waals surface area contributed by atoms with E-state index in [-0.39, 0.29) is 45.4 Å². The van der Waals surface area contributed by atoms with E-state index in [0.29, 0.717) is 11.1 Å². The number of benzene rings is 3. The number of carbonyl (C=O) groups excluding carboxylic acids is 3. The zero-order valence-electron chi connectivity index (χ0n) is 18.1. The average molecular weight is 514 g/mol. The topological polar surface area (TPSA) is 101 Å². The van der Waals surface area contributed by atoms with E-state index in [4.69, 9.17) is 23.2 Å². The Morgan fingerprint density at radius 2 is 1.63 bits per heavy atom. The van der Waals surface area contributed by atoms with E-state index in [2.05, 4.69) is 5.32 Å². The molecule has 0 saturated heterocycles. The summed E-state index contributed by atoms with van der Waals surface area (Å²) < 4.78 is 14.3. The summed E-state index contributed by atoms with van der Waals surface area (Å²) in [7, 11) is 0. The van der Waals surface area contributed by atoms with Gasteiger partial charge in [0.05, 0.1) is 27.1 Å². The molecule has 0 saturated carbocycles. The number of Topliss-reactive ketones (excluding diaryl/α,β-unsaturated/α-hetero) is 2. The lowest BCUT2D eigenvalue weighted by molar-refractivity contribution is -0.139. The summed E-state index contributed by atoms with van der Waals surface area (Å²) in [6.07, 6.45) is -0.139. The summed E-state index contributed by atoms with van der Waals surface area (Å²) in [4.78, 5) is 49.8. The highest BCUT2D eigenvalue weighted by molar-refractivity contribution is 6.39. The highest BCUT2D eigenvalue weighted by Gasteiger charge is 2.35. The number of nitrogens with one attached hydrogen (secondary N) is 1. The molecule has 35 heavy (non-hydrogen) atoms. The molecule has 1 unspecified atom stereocenters. The van der Waals surface area contributed by atoms with E-state index in [1.54, 1.807) is 30.3 Å². The van der Waals surface area contributed by atoms with Crippen LogP contribution in [0.3, 0.4) is 0 Å². The van der Waals surface area contributed by atoms with Crippen molar-refractivity contribution in [1.82, 2.24) is 5.32 Å².